The van der Waals surface area contributed by atoms with E-state index in [9.17, 15) is 14.4 Å². The molecule has 1 fully saturated rings. The summed E-state index contributed by atoms with van der Waals surface area (Å²) in [6.07, 6.45) is -1.43. The monoisotopic (exact) mass is 316 g/mol. The molecule has 126 valence electrons. The van der Waals surface area contributed by atoms with Gasteiger partial charge in [0.1, 0.15) is 5.60 Å². The zero-order valence-corrected chi connectivity index (χ0v) is 13.7. The van der Waals surface area contributed by atoms with Crippen LogP contribution in [0.5, 0.6) is 0 Å². The Hall–Kier alpha value is -1.99. The van der Waals surface area contributed by atoms with Crippen molar-refractivity contribution in [3.63, 3.8) is 0 Å². The zero-order chi connectivity index (χ0) is 16.9. The highest BCUT2D eigenvalue weighted by atomic mass is 16.7. The van der Waals surface area contributed by atoms with Gasteiger partial charge in [0.25, 0.3) is 0 Å². The molecule has 0 radical (unpaired) electrons. The molecule has 1 aliphatic heterocycles. The molecule has 22 heavy (non-hydrogen) atoms. The van der Waals surface area contributed by atoms with Crippen LogP contribution in [0, 0.1) is 0 Å². The molecule has 0 spiro atoms. The minimum Gasteiger partial charge on any atom is -0.444 e. The largest absolute Gasteiger partial charge is 0.444 e. The van der Waals surface area contributed by atoms with Crippen LogP contribution in [0.3, 0.4) is 0 Å². The van der Waals surface area contributed by atoms with Gasteiger partial charge in [-0.05, 0) is 27.2 Å². The molecule has 1 heterocycles. The Balaban J connectivity index is 2.37. The van der Waals surface area contributed by atoms with Gasteiger partial charge in [-0.15, -0.1) is 0 Å². The smallest absolute Gasteiger partial charge is 0.412 e. The number of carbonyl (C=O) groups is 3. The molecule has 1 unspecified atom stereocenters. The summed E-state index contributed by atoms with van der Waals surface area (Å²) < 4.78 is 14.9. The van der Waals surface area contributed by atoms with E-state index >= 15 is 0 Å². The average Bonchev–Trinajstić information content (AvgIpc) is 2.73. The number of nitrogens with one attached hydrogen (secondary N) is 1. The van der Waals surface area contributed by atoms with Crippen LogP contribution in [0.25, 0.3) is 0 Å². The van der Waals surface area contributed by atoms with Crippen molar-refractivity contribution in [1.82, 2.24) is 10.2 Å². The van der Waals surface area contributed by atoms with Crippen molar-refractivity contribution in [2.45, 2.75) is 59.0 Å². The highest BCUT2D eigenvalue weighted by Gasteiger charge is 2.30. The van der Waals surface area contributed by atoms with Gasteiger partial charge in [0.05, 0.1) is 6.04 Å². The van der Waals surface area contributed by atoms with E-state index in [1.54, 1.807) is 20.8 Å². The summed E-state index contributed by atoms with van der Waals surface area (Å²) in [6.45, 7) is 8.81. The van der Waals surface area contributed by atoms with Crippen molar-refractivity contribution >= 4 is 18.2 Å². The van der Waals surface area contributed by atoms with E-state index in [0.717, 1.165) is 0 Å². The van der Waals surface area contributed by atoms with Crippen LogP contribution in [0.15, 0.2) is 0 Å². The predicted molar refractivity (Wildman–Crippen MR) is 77.1 cm³/mol. The van der Waals surface area contributed by atoms with E-state index in [1.807, 2.05) is 0 Å². The standard InChI is InChI=1S/C14H24N2O6/c1-9(17)20-10(2)21-13(19)16-7-6-11(8-16)15-12(18)22-14(3,4)5/h10-11H,6-8H2,1-5H3,(H,15,18)/t10?,11-/m1/s1. The number of carbonyl (C=O) groups excluding carboxylic acids is 3. The summed E-state index contributed by atoms with van der Waals surface area (Å²) in [5, 5.41) is 2.71. The lowest BCUT2D eigenvalue weighted by Crippen LogP contribution is -2.41. The van der Waals surface area contributed by atoms with Crippen molar-refractivity contribution in [3.05, 3.63) is 0 Å². The van der Waals surface area contributed by atoms with Crippen molar-refractivity contribution < 1.29 is 28.6 Å². The van der Waals surface area contributed by atoms with Gasteiger partial charge in [-0.1, -0.05) is 0 Å². The third kappa shape index (κ3) is 6.64. The fourth-order valence-electron chi connectivity index (χ4n) is 1.99. The molecule has 0 saturated carbocycles. The van der Waals surface area contributed by atoms with Gasteiger partial charge in [-0.2, -0.15) is 0 Å². The van der Waals surface area contributed by atoms with E-state index < -0.39 is 30.0 Å². The summed E-state index contributed by atoms with van der Waals surface area (Å²) >= 11 is 0. The van der Waals surface area contributed by atoms with E-state index in [0.29, 0.717) is 19.5 Å². The van der Waals surface area contributed by atoms with Gasteiger partial charge in [0, 0.05) is 26.9 Å². The molecule has 1 rings (SSSR count). The molecule has 0 aromatic carbocycles. The number of amides is 2. The number of likely N-dealkylation sites (tertiary alicyclic amines) is 1. The van der Waals surface area contributed by atoms with Gasteiger partial charge < -0.3 is 24.4 Å². The molecular formula is C14H24N2O6. The summed E-state index contributed by atoms with van der Waals surface area (Å²) in [6, 6.07) is -0.188. The first kappa shape index (κ1) is 18.1. The number of hydrogen-bond acceptors (Lipinski definition) is 6. The molecule has 0 aromatic heterocycles. The van der Waals surface area contributed by atoms with Crippen LogP contribution < -0.4 is 5.32 Å². The highest BCUT2D eigenvalue weighted by molar-refractivity contribution is 5.70. The molecule has 2 atom stereocenters. The quantitative estimate of drug-likeness (QED) is 0.628. The summed E-state index contributed by atoms with van der Waals surface area (Å²) in [5.74, 6) is -0.522. The molecule has 2 amide bonds. The van der Waals surface area contributed by atoms with Gasteiger partial charge in [0.15, 0.2) is 0 Å². The molecule has 8 nitrogen and oxygen atoms in total. The molecule has 0 aromatic rings. The molecule has 8 heteroatoms. The summed E-state index contributed by atoms with van der Waals surface area (Å²) in [7, 11) is 0. The van der Waals surface area contributed by atoms with Crippen molar-refractivity contribution in [2.24, 2.45) is 0 Å². The van der Waals surface area contributed by atoms with Crippen LogP contribution >= 0.6 is 0 Å². The third-order valence-electron chi connectivity index (χ3n) is 2.77. The number of ether oxygens (including phenoxy) is 3. The molecule has 1 aliphatic rings. The molecule has 0 bridgehead atoms. The minimum absolute atomic E-state index is 0.188. The Kier molecular flexibility index (Phi) is 6.01. The Labute approximate surface area is 130 Å². The Morgan fingerprint density at radius 2 is 1.86 bits per heavy atom. The Morgan fingerprint density at radius 1 is 1.23 bits per heavy atom. The minimum atomic E-state index is -0.942. The van der Waals surface area contributed by atoms with Crippen LogP contribution in [-0.2, 0) is 19.0 Å². The lowest BCUT2D eigenvalue weighted by molar-refractivity contribution is -0.163. The van der Waals surface area contributed by atoms with Crippen LogP contribution in [-0.4, -0.2) is 54.1 Å². The van der Waals surface area contributed by atoms with Crippen LogP contribution in [0.1, 0.15) is 41.0 Å². The van der Waals surface area contributed by atoms with Gasteiger partial charge >= 0.3 is 18.2 Å². The van der Waals surface area contributed by atoms with Gasteiger partial charge in [-0.3, -0.25) is 4.79 Å². The predicted octanol–water partition coefficient (Wildman–Crippen LogP) is 1.63. The number of rotatable bonds is 3. The topological polar surface area (TPSA) is 94.2 Å². The van der Waals surface area contributed by atoms with Crippen molar-refractivity contribution in [1.29, 1.82) is 0 Å². The van der Waals surface area contributed by atoms with E-state index in [1.165, 1.54) is 18.7 Å². The fourth-order valence-corrected chi connectivity index (χ4v) is 1.99. The Morgan fingerprint density at radius 3 is 2.41 bits per heavy atom. The SMILES string of the molecule is CC(=O)OC(C)OC(=O)N1CC[C@@H](NC(=O)OC(C)(C)C)C1. The molecular weight excluding hydrogens is 292 g/mol. The van der Waals surface area contributed by atoms with Crippen molar-refractivity contribution in [2.75, 3.05) is 13.1 Å². The Bertz CT molecular complexity index is 432. The second kappa shape index (κ2) is 7.33. The normalized spacial score (nSPS) is 19.3. The van der Waals surface area contributed by atoms with E-state index in [2.05, 4.69) is 5.32 Å². The number of hydrogen-bond donors (Lipinski definition) is 1. The maximum atomic E-state index is 11.9. The molecule has 1 N–H and O–H groups in total. The molecule has 0 aliphatic carbocycles. The first-order valence-corrected chi connectivity index (χ1v) is 7.19. The van der Waals surface area contributed by atoms with E-state index in [4.69, 9.17) is 14.2 Å². The van der Waals surface area contributed by atoms with Crippen LogP contribution in [0.4, 0.5) is 9.59 Å². The zero-order valence-electron chi connectivity index (χ0n) is 13.7. The number of nitrogens with zero attached hydrogens (tertiary/aromatic N) is 1. The lowest BCUT2D eigenvalue weighted by Gasteiger charge is -2.22. The van der Waals surface area contributed by atoms with Gasteiger partial charge in [-0.25, -0.2) is 9.59 Å². The first-order chi connectivity index (χ1) is 10.1. The third-order valence-corrected chi connectivity index (χ3v) is 2.77. The summed E-state index contributed by atoms with van der Waals surface area (Å²) in [4.78, 5) is 35.7. The number of alkyl carbamates (subject to hydrolysis) is 1. The molecule has 1 saturated heterocycles. The van der Waals surface area contributed by atoms with E-state index in [-0.39, 0.29) is 6.04 Å². The van der Waals surface area contributed by atoms with Gasteiger partial charge in [0.2, 0.25) is 6.29 Å². The fraction of sp³-hybridized carbons (Fsp3) is 0.786. The second-order valence-electron chi connectivity index (χ2n) is 6.14. The highest BCUT2D eigenvalue weighted by Crippen LogP contribution is 2.13. The summed E-state index contributed by atoms with van der Waals surface area (Å²) in [5.41, 5.74) is -0.569. The first-order valence-electron chi connectivity index (χ1n) is 7.19. The number of esters is 1. The average molecular weight is 316 g/mol. The van der Waals surface area contributed by atoms with Crippen LogP contribution in [0.2, 0.25) is 0 Å². The van der Waals surface area contributed by atoms with Crippen molar-refractivity contribution in [3.8, 4) is 0 Å². The maximum absolute atomic E-state index is 11.9. The maximum Gasteiger partial charge on any atom is 0.412 e. The second-order valence-corrected chi connectivity index (χ2v) is 6.14. The lowest BCUT2D eigenvalue weighted by atomic mass is 10.2.